The number of anilines is 1. The Morgan fingerprint density at radius 3 is 2.60 bits per heavy atom. The van der Waals surface area contributed by atoms with E-state index in [0.717, 1.165) is 6.07 Å². The van der Waals surface area contributed by atoms with Crippen molar-refractivity contribution in [2.24, 2.45) is 12.8 Å². The third-order valence-electron chi connectivity index (χ3n) is 6.03. The number of thiophene rings is 1. The van der Waals surface area contributed by atoms with E-state index in [-0.39, 0.29) is 38.7 Å². The number of aromatic nitrogens is 3. The predicted molar refractivity (Wildman–Crippen MR) is 143 cm³/mol. The highest BCUT2D eigenvalue weighted by Crippen LogP contribution is 2.44. The molecule has 14 heteroatoms. The monoisotopic (exact) mass is 589 g/mol. The van der Waals surface area contributed by atoms with Crippen molar-refractivity contribution in [1.82, 2.24) is 14.8 Å². The van der Waals surface area contributed by atoms with E-state index in [1.165, 1.54) is 23.0 Å². The number of halogens is 4. The number of carbonyl (C=O) groups is 2. The van der Waals surface area contributed by atoms with E-state index in [2.05, 4.69) is 15.4 Å². The molecule has 0 aliphatic carbocycles. The number of para-hydroxylation sites is 1. The molecule has 0 aliphatic heterocycles. The molecule has 40 heavy (non-hydrogen) atoms. The Kier molecular flexibility index (Phi) is 7.02. The van der Waals surface area contributed by atoms with Crippen LogP contribution in [0, 0.1) is 6.92 Å². The van der Waals surface area contributed by atoms with Crippen LogP contribution in [0.15, 0.2) is 53.1 Å². The summed E-state index contributed by atoms with van der Waals surface area (Å²) >= 11 is 6.73. The zero-order valence-corrected chi connectivity index (χ0v) is 22.4. The van der Waals surface area contributed by atoms with Gasteiger partial charge < -0.3 is 20.2 Å². The van der Waals surface area contributed by atoms with Gasteiger partial charge >= 0.3 is 6.18 Å². The minimum atomic E-state index is -4.77. The SMILES string of the molecule is Cc1c(-c2cc(C(F)(F)F)nc3sc(C(N)=O)c(NC(=O)c4ccc(COc5ccccc5Cl)o4)c23)cnn1C. The fourth-order valence-electron chi connectivity index (χ4n) is 3.98. The molecular formula is C26H19ClF3N5O4S. The molecule has 3 N–H and O–H groups in total. The summed E-state index contributed by atoms with van der Waals surface area (Å²) in [4.78, 5) is 28.9. The van der Waals surface area contributed by atoms with Gasteiger partial charge in [0.2, 0.25) is 0 Å². The summed E-state index contributed by atoms with van der Waals surface area (Å²) in [5, 5.41) is 7.23. The lowest BCUT2D eigenvalue weighted by Crippen LogP contribution is -2.16. The maximum absolute atomic E-state index is 13.7. The first kappa shape index (κ1) is 27.2. The van der Waals surface area contributed by atoms with E-state index >= 15 is 0 Å². The van der Waals surface area contributed by atoms with Gasteiger partial charge in [-0.3, -0.25) is 14.3 Å². The summed E-state index contributed by atoms with van der Waals surface area (Å²) in [6.45, 7) is 1.65. The highest BCUT2D eigenvalue weighted by Gasteiger charge is 2.35. The van der Waals surface area contributed by atoms with Gasteiger partial charge in [-0.1, -0.05) is 23.7 Å². The molecule has 0 bridgehead atoms. The minimum Gasteiger partial charge on any atom is -0.484 e. The highest BCUT2D eigenvalue weighted by molar-refractivity contribution is 7.21. The Hall–Kier alpha value is -4.36. The van der Waals surface area contributed by atoms with E-state index in [0.29, 0.717) is 39.1 Å². The normalized spacial score (nSPS) is 11.7. The second kappa shape index (κ2) is 10.3. The lowest BCUT2D eigenvalue weighted by molar-refractivity contribution is -0.140. The zero-order valence-electron chi connectivity index (χ0n) is 20.8. The number of nitrogens with one attached hydrogen (secondary N) is 1. The van der Waals surface area contributed by atoms with Gasteiger partial charge in [-0.15, -0.1) is 11.3 Å². The zero-order chi connectivity index (χ0) is 28.8. The van der Waals surface area contributed by atoms with Crippen LogP contribution in [0.4, 0.5) is 18.9 Å². The average molecular weight is 590 g/mol. The van der Waals surface area contributed by atoms with Crippen LogP contribution in [-0.2, 0) is 19.8 Å². The second-order valence-electron chi connectivity index (χ2n) is 8.61. The van der Waals surface area contributed by atoms with Gasteiger partial charge in [0.05, 0.1) is 16.9 Å². The molecule has 0 saturated carbocycles. The van der Waals surface area contributed by atoms with Gasteiger partial charge in [0.25, 0.3) is 11.8 Å². The summed E-state index contributed by atoms with van der Waals surface area (Å²) in [7, 11) is 1.64. The molecule has 0 atom stereocenters. The number of fused-ring (bicyclic) bond motifs is 1. The number of hydrogen-bond donors (Lipinski definition) is 2. The molecule has 9 nitrogen and oxygen atoms in total. The van der Waals surface area contributed by atoms with Gasteiger partial charge in [0, 0.05) is 23.7 Å². The number of amides is 2. The van der Waals surface area contributed by atoms with Gasteiger partial charge in [-0.2, -0.15) is 18.3 Å². The lowest BCUT2D eigenvalue weighted by atomic mass is 10.0. The fraction of sp³-hybridized carbons (Fsp3) is 0.154. The number of rotatable bonds is 7. The maximum atomic E-state index is 13.7. The molecule has 0 spiro atoms. The molecule has 4 heterocycles. The molecule has 0 radical (unpaired) electrons. The summed E-state index contributed by atoms with van der Waals surface area (Å²) in [6.07, 6.45) is -3.37. The van der Waals surface area contributed by atoms with E-state index in [1.807, 2.05) is 0 Å². The molecule has 0 fully saturated rings. The molecular weight excluding hydrogens is 571 g/mol. The van der Waals surface area contributed by atoms with Gasteiger partial charge in [0.1, 0.15) is 33.5 Å². The Morgan fingerprint density at radius 1 is 1.20 bits per heavy atom. The summed E-state index contributed by atoms with van der Waals surface area (Å²) in [6, 6.07) is 10.6. The summed E-state index contributed by atoms with van der Waals surface area (Å²) < 4.78 is 53.9. The smallest absolute Gasteiger partial charge is 0.433 e. The minimum absolute atomic E-state index is 0.0283. The Morgan fingerprint density at radius 2 is 1.95 bits per heavy atom. The average Bonchev–Trinajstić information content (AvgIpc) is 3.61. The first-order chi connectivity index (χ1) is 18.9. The highest BCUT2D eigenvalue weighted by atomic mass is 35.5. The third kappa shape index (κ3) is 5.12. The van der Waals surface area contributed by atoms with Crippen LogP contribution in [0.25, 0.3) is 21.3 Å². The predicted octanol–water partition coefficient (Wildman–Crippen LogP) is 6.20. The van der Waals surface area contributed by atoms with E-state index in [1.54, 1.807) is 38.2 Å². The van der Waals surface area contributed by atoms with Crippen molar-refractivity contribution in [3.05, 3.63) is 81.5 Å². The number of primary amides is 1. The Labute approximate surface area is 233 Å². The van der Waals surface area contributed by atoms with Crippen LogP contribution in [0.5, 0.6) is 5.75 Å². The number of ether oxygens (including phenoxy) is 1. The van der Waals surface area contributed by atoms with Crippen molar-refractivity contribution in [2.45, 2.75) is 19.7 Å². The number of pyridine rings is 1. The Balaban J connectivity index is 1.54. The van der Waals surface area contributed by atoms with Crippen molar-refractivity contribution < 1.29 is 31.9 Å². The number of benzene rings is 1. The van der Waals surface area contributed by atoms with Crippen LogP contribution in [0.1, 0.15) is 37.4 Å². The molecule has 0 unspecified atom stereocenters. The van der Waals surface area contributed by atoms with Gasteiger partial charge in [-0.25, -0.2) is 4.98 Å². The van der Waals surface area contributed by atoms with Crippen molar-refractivity contribution in [3.8, 4) is 16.9 Å². The van der Waals surface area contributed by atoms with Crippen LogP contribution < -0.4 is 15.8 Å². The maximum Gasteiger partial charge on any atom is 0.433 e. The number of aryl methyl sites for hydroxylation is 1. The van der Waals surface area contributed by atoms with Crippen molar-refractivity contribution in [3.63, 3.8) is 0 Å². The second-order valence-corrected chi connectivity index (χ2v) is 10.0. The summed E-state index contributed by atoms with van der Waals surface area (Å²) in [5.41, 5.74) is 5.30. The fourth-order valence-corrected chi connectivity index (χ4v) is 5.17. The molecule has 5 rings (SSSR count). The number of carbonyl (C=O) groups excluding carboxylic acids is 2. The van der Waals surface area contributed by atoms with Crippen molar-refractivity contribution >= 4 is 50.7 Å². The molecule has 5 aromatic rings. The first-order valence-electron chi connectivity index (χ1n) is 11.5. The quantitative estimate of drug-likeness (QED) is 0.233. The number of alkyl halides is 3. The van der Waals surface area contributed by atoms with Crippen LogP contribution in [0.3, 0.4) is 0 Å². The van der Waals surface area contributed by atoms with Crippen LogP contribution in [0.2, 0.25) is 5.02 Å². The number of nitrogens with two attached hydrogens (primary N) is 1. The standard InChI is InChI=1S/C26H19ClF3N5O4S/c1-12-15(10-32-35(12)2)14-9-19(26(28,29)30)33-25-20(14)21(22(40-25)23(31)36)34-24(37)18-8-7-13(39-18)11-38-17-6-4-3-5-16(17)27/h3-10H,11H2,1-2H3,(H2,31,36)(H,34,37). The molecule has 0 aliphatic rings. The van der Waals surface area contributed by atoms with Crippen LogP contribution >= 0.6 is 22.9 Å². The third-order valence-corrected chi connectivity index (χ3v) is 7.44. The van der Waals surface area contributed by atoms with E-state index in [9.17, 15) is 22.8 Å². The molecule has 1 aromatic carbocycles. The topological polar surface area (TPSA) is 125 Å². The molecule has 0 saturated heterocycles. The molecule has 2 amide bonds. The lowest BCUT2D eigenvalue weighted by Gasteiger charge is -2.12. The molecule has 206 valence electrons. The summed E-state index contributed by atoms with van der Waals surface area (Å²) in [5.74, 6) is -1.12. The van der Waals surface area contributed by atoms with Gasteiger partial charge in [-0.05, 0) is 42.8 Å². The number of hydrogen-bond acceptors (Lipinski definition) is 7. The van der Waals surface area contributed by atoms with Crippen molar-refractivity contribution in [2.75, 3.05) is 5.32 Å². The van der Waals surface area contributed by atoms with Crippen molar-refractivity contribution in [1.29, 1.82) is 0 Å². The van der Waals surface area contributed by atoms with E-state index < -0.39 is 23.7 Å². The van der Waals surface area contributed by atoms with Crippen LogP contribution in [-0.4, -0.2) is 26.6 Å². The van der Waals surface area contributed by atoms with Gasteiger partial charge in [0.15, 0.2) is 5.76 Å². The molecule has 4 aromatic heterocycles. The van der Waals surface area contributed by atoms with E-state index in [4.69, 9.17) is 26.5 Å². The first-order valence-corrected chi connectivity index (χ1v) is 12.7. The Bertz CT molecular complexity index is 1780. The number of nitrogens with zero attached hydrogens (tertiary/aromatic N) is 3. The largest absolute Gasteiger partial charge is 0.484 e. The number of furan rings is 1.